The maximum absolute atomic E-state index is 13.3. The summed E-state index contributed by atoms with van der Waals surface area (Å²) in [5.74, 6) is 0.411. The van der Waals surface area contributed by atoms with Gasteiger partial charge in [-0.05, 0) is 12.1 Å². The first-order chi connectivity index (χ1) is 8.72. The Morgan fingerprint density at radius 2 is 2.22 bits per heavy atom. The maximum atomic E-state index is 13.3. The minimum atomic E-state index is -0.632. The van der Waals surface area contributed by atoms with Crippen LogP contribution in [0.15, 0.2) is 30.6 Å². The van der Waals surface area contributed by atoms with Crippen LogP contribution in [-0.4, -0.2) is 17.0 Å². The summed E-state index contributed by atoms with van der Waals surface area (Å²) >= 11 is 0. The molecule has 1 heterocycles. The molecule has 0 atom stereocenters. The van der Waals surface area contributed by atoms with Gasteiger partial charge in [0.1, 0.15) is 23.5 Å². The van der Waals surface area contributed by atoms with Crippen molar-refractivity contribution in [1.29, 1.82) is 5.26 Å². The van der Waals surface area contributed by atoms with Crippen LogP contribution in [0.2, 0.25) is 0 Å². The number of anilines is 1. The predicted octanol–water partition coefficient (Wildman–Crippen LogP) is 2.32. The number of nitrogens with zero attached hydrogens (tertiary/aromatic N) is 3. The molecule has 0 saturated heterocycles. The van der Waals surface area contributed by atoms with Crippen LogP contribution in [0, 0.1) is 17.1 Å². The van der Waals surface area contributed by atoms with Crippen LogP contribution >= 0.6 is 0 Å². The summed E-state index contributed by atoms with van der Waals surface area (Å²) in [6, 6.07) is 5.71. The highest BCUT2D eigenvalue weighted by Crippen LogP contribution is 2.22. The molecular weight excluding hydrogens is 235 g/mol. The van der Waals surface area contributed by atoms with Crippen molar-refractivity contribution < 1.29 is 9.13 Å². The lowest BCUT2D eigenvalue weighted by Crippen LogP contribution is -1.96. The third-order valence-corrected chi connectivity index (χ3v) is 2.15. The van der Waals surface area contributed by atoms with Crippen molar-refractivity contribution in [2.45, 2.75) is 0 Å². The van der Waals surface area contributed by atoms with Crippen LogP contribution < -0.4 is 10.1 Å². The van der Waals surface area contributed by atoms with Gasteiger partial charge in [-0.15, -0.1) is 0 Å². The van der Waals surface area contributed by atoms with E-state index in [-0.39, 0.29) is 17.2 Å². The molecule has 0 radical (unpaired) electrons. The van der Waals surface area contributed by atoms with Crippen molar-refractivity contribution in [1.82, 2.24) is 9.97 Å². The molecule has 1 aromatic carbocycles. The Bertz CT molecular complexity index is 609. The van der Waals surface area contributed by atoms with Crippen molar-refractivity contribution in [3.8, 4) is 17.7 Å². The molecule has 1 N–H and O–H groups in total. The van der Waals surface area contributed by atoms with Gasteiger partial charge >= 0.3 is 0 Å². The third-order valence-electron chi connectivity index (χ3n) is 2.15. The molecule has 18 heavy (non-hydrogen) atoms. The highest BCUT2D eigenvalue weighted by atomic mass is 19.1. The fraction of sp³-hybridized carbons (Fsp3) is 0.0833. The van der Waals surface area contributed by atoms with Gasteiger partial charge in [0.25, 0.3) is 0 Å². The van der Waals surface area contributed by atoms with E-state index in [1.807, 2.05) is 0 Å². The van der Waals surface area contributed by atoms with Gasteiger partial charge in [0.15, 0.2) is 0 Å². The highest BCUT2D eigenvalue weighted by molar-refractivity contribution is 5.38. The largest absolute Gasteiger partial charge is 0.437 e. The number of rotatable bonds is 3. The molecule has 2 rings (SSSR count). The Kier molecular flexibility index (Phi) is 3.34. The number of hydrogen-bond acceptors (Lipinski definition) is 5. The van der Waals surface area contributed by atoms with Crippen LogP contribution in [0.1, 0.15) is 5.56 Å². The summed E-state index contributed by atoms with van der Waals surface area (Å²) in [6.45, 7) is 0. The maximum Gasteiger partial charge on any atom is 0.239 e. The quantitative estimate of drug-likeness (QED) is 0.897. The van der Waals surface area contributed by atoms with Gasteiger partial charge in [-0.2, -0.15) is 10.2 Å². The molecule has 0 saturated carbocycles. The average Bonchev–Trinajstić information content (AvgIpc) is 2.39. The highest BCUT2D eigenvalue weighted by Gasteiger charge is 2.05. The molecule has 6 heteroatoms. The lowest BCUT2D eigenvalue weighted by atomic mass is 10.2. The number of nitriles is 1. The van der Waals surface area contributed by atoms with Crippen molar-refractivity contribution in [3.05, 3.63) is 42.0 Å². The van der Waals surface area contributed by atoms with E-state index in [0.717, 1.165) is 6.07 Å². The molecule has 0 aliphatic rings. The molecule has 0 aliphatic heterocycles. The lowest BCUT2D eigenvalue weighted by molar-refractivity contribution is 0.456. The molecule has 0 amide bonds. The summed E-state index contributed by atoms with van der Waals surface area (Å²) in [4.78, 5) is 7.99. The van der Waals surface area contributed by atoms with Crippen molar-refractivity contribution in [2.24, 2.45) is 0 Å². The summed E-state index contributed by atoms with van der Waals surface area (Å²) in [5.41, 5.74) is -0.0302. The number of benzene rings is 1. The standard InChI is InChI=1S/C12H9FN4O/c1-15-11-6-16-7-12(17-11)18-9-3-2-8(5-14)10(13)4-9/h2-4,6-7H,1H3,(H,15,17). The molecule has 90 valence electrons. The summed E-state index contributed by atoms with van der Waals surface area (Å²) < 4.78 is 18.7. The molecule has 0 spiro atoms. The van der Waals surface area contributed by atoms with Gasteiger partial charge in [-0.3, -0.25) is 4.98 Å². The lowest BCUT2D eigenvalue weighted by Gasteiger charge is -2.06. The van der Waals surface area contributed by atoms with E-state index in [9.17, 15) is 4.39 Å². The zero-order chi connectivity index (χ0) is 13.0. The number of halogens is 1. The molecule has 1 aromatic heterocycles. The van der Waals surface area contributed by atoms with E-state index in [4.69, 9.17) is 10.00 Å². The van der Waals surface area contributed by atoms with Gasteiger partial charge in [0.2, 0.25) is 5.88 Å². The van der Waals surface area contributed by atoms with Crippen LogP contribution in [0.3, 0.4) is 0 Å². The molecule has 0 aliphatic carbocycles. The average molecular weight is 244 g/mol. The molecule has 0 unspecified atom stereocenters. The zero-order valence-corrected chi connectivity index (χ0v) is 9.51. The second-order valence-electron chi connectivity index (χ2n) is 3.35. The van der Waals surface area contributed by atoms with Gasteiger partial charge in [-0.25, -0.2) is 4.39 Å². The molecule has 2 aromatic rings. The Hall–Kier alpha value is -2.68. The molecule has 0 fully saturated rings. The first-order valence-corrected chi connectivity index (χ1v) is 5.10. The fourth-order valence-corrected chi connectivity index (χ4v) is 1.29. The van der Waals surface area contributed by atoms with Crippen molar-refractivity contribution in [2.75, 3.05) is 12.4 Å². The normalized spacial score (nSPS) is 9.61. The number of nitrogens with one attached hydrogen (secondary N) is 1. The minimum absolute atomic E-state index is 0.0302. The van der Waals surface area contributed by atoms with E-state index in [1.54, 1.807) is 13.1 Å². The first-order valence-electron chi connectivity index (χ1n) is 5.10. The summed E-state index contributed by atoms with van der Waals surface area (Å²) in [5, 5.41) is 11.4. The molecule has 0 bridgehead atoms. The Balaban J connectivity index is 2.23. The fourth-order valence-electron chi connectivity index (χ4n) is 1.29. The third kappa shape index (κ3) is 2.52. The number of aromatic nitrogens is 2. The van der Waals surface area contributed by atoms with E-state index < -0.39 is 5.82 Å². The summed E-state index contributed by atoms with van der Waals surface area (Å²) in [7, 11) is 1.70. The number of hydrogen-bond donors (Lipinski definition) is 1. The number of ether oxygens (including phenoxy) is 1. The van der Waals surface area contributed by atoms with Gasteiger partial charge < -0.3 is 10.1 Å². The molecule has 5 nitrogen and oxygen atoms in total. The predicted molar refractivity (Wildman–Crippen MR) is 62.8 cm³/mol. The summed E-state index contributed by atoms with van der Waals surface area (Å²) in [6.07, 6.45) is 2.95. The first kappa shape index (κ1) is 11.8. The van der Waals surface area contributed by atoms with Gasteiger partial charge in [0.05, 0.1) is 18.0 Å². The zero-order valence-electron chi connectivity index (χ0n) is 9.51. The van der Waals surface area contributed by atoms with Crippen LogP contribution in [0.4, 0.5) is 10.2 Å². The molecular formula is C12H9FN4O. The smallest absolute Gasteiger partial charge is 0.239 e. The van der Waals surface area contributed by atoms with Crippen LogP contribution in [0.25, 0.3) is 0 Å². The van der Waals surface area contributed by atoms with E-state index >= 15 is 0 Å². The van der Waals surface area contributed by atoms with E-state index in [0.29, 0.717) is 5.82 Å². The van der Waals surface area contributed by atoms with Crippen molar-refractivity contribution >= 4 is 5.82 Å². The Labute approximate surface area is 103 Å². The SMILES string of the molecule is CNc1cncc(Oc2ccc(C#N)c(F)c2)n1. The van der Waals surface area contributed by atoms with E-state index in [2.05, 4.69) is 15.3 Å². The second-order valence-corrected chi connectivity index (χ2v) is 3.35. The Morgan fingerprint density at radius 3 is 2.89 bits per heavy atom. The van der Waals surface area contributed by atoms with Crippen LogP contribution in [-0.2, 0) is 0 Å². The van der Waals surface area contributed by atoms with E-state index in [1.165, 1.54) is 24.5 Å². The monoisotopic (exact) mass is 244 g/mol. The Morgan fingerprint density at radius 1 is 1.39 bits per heavy atom. The van der Waals surface area contributed by atoms with Crippen LogP contribution in [0.5, 0.6) is 11.6 Å². The van der Waals surface area contributed by atoms with Gasteiger partial charge in [0, 0.05) is 13.1 Å². The second kappa shape index (κ2) is 5.10. The van der Waals surface area contributed by atoms with Gasteiger partial charge in [-0.1, -0.05) is 0 Å². The topological polar surface area (TPSA) is 70.8 Å². The van der Waals surface area contributed by atoms with Crippen molar-refractivity contribution in [3.63, 3.8) is 0 Å². The minimum Gasteiger partial charge on any atom is -0.437 e.